The number of hydrogen-bond donors (Lipinski definition) is 0. The highest BCUT2D eigenvalue weighted by Crippen LogP contribution is 2.27. The van der Waals surface area contributed by atoms with Crippen LogP contribution in [0.5, 0.6) is 0 Å². The first-order valence-electron chi connectivity index (χ1n) is 8.45. The molecular formula is C15H26N4O3S. The number of hydrogen-bond acceptors (Lipinski definition) is 4. The van der Waals surface area contributed by atoms with Crippen LogP contribution >= 0.6 is 0 Å². The first-order valence-corrected chi connectivity index (χ1v) is 9.85. The predicted octanol–water partition coefficient (Wildman–Crippen LogP) is 1.09. The smallest absolute Gasteiger partial charge is 0.282 e. The fraction of sp³-hybridized carbons (Fsp3) is 0.800. The minimum Gasteiger partial charge on any atom is -0.377 e. The fourth-order valence-electron chi connectivity index (χ4n) is 3.57. The van der Waals surface area contributed by atoms with Crippen LogP contribution in [0.2, 0.25) is 0 Å². The van der Waals surface area contributed by atoms with Crippen LogP contribution in [0, 0.1) is 0 Å². The van der Waals surface area contributed by atoms with Gasteiger partial charge in [-0.05, 0) is 32.6 Å². The molecule has 2 atom stereocenters. The fourth-order valence-corrected chi connectivity index (χ4v) is 5.49. The molecule has 2 aliphatic rings. The lowest BCUT2D eigenvalue weighted by molar-refractivity contribution is 0.0250. The monoisotopic (exact) mass is 342 g/mol. The molecule has 3 rings (SSSR count). The van der Waals surface area contributed by atoms with E-state index in [9.17, 15) is 8.42 Å². The molecular weight excluding hydrogens is 316 g/mol. The van der Waals surface area contributed by atoms with Gasteiger partial charge in [-0.3, -0.25) is 0 Å². The van der Waals surface area contributed by atoms with E-state index in [1.165, 1.54) is 0 Å². The first kappa shape index (κ1) is 16.9. The van der Waals surface area contributed by atoms with Gasteiger partial charge in [0.25, 0.3) is 10.2 Å². The second-order valence-electron chi connectivity index (χ2n) is 6.25. The Balaban J connectivity index is 1.70. The minimum absolute atomic E-state index is 0.0154. The Morgan fingerprint density at radius 2 is 2.09 bits per heavy atom. The van der Waals surface area contributed by atoms with Crippen LogP contribution in [0.25, 0.3) is 0 Å². The topological polar surface area (TPSA) is 67.7 Å². The maximum atomic E-state index is 13.0. The van der Waals surface area contributed by atoms with Gasteiger partial charge >= 0.3 is 0 Å². The van der Waals surface area contributed by atoms with E-state index in [0.717, 1.165) is 25.7 Å². The average Bonchev–Trinajstić information content (AvgIpc) is 3.20. The zero-order valence-electron chi connectivity index (χ0n) is 13.7. The third-order valence-corrected chi connectivity index (χ3v) is 6.73. The van der Waals surface area contributed by atoms with Crippen LogP contribution in [-0.4, -0.2) is 65.0 Å². The van der Waals surface area contributed by atoms with Gasteiger partial charge in [0, 0.05) is 51.2 Å². The van der Waals surface area contributed by atoms with Crippen LogP contribution in [-0.2, 0) is 21.5 Å². The summed E-state index contributed by atoms with van der Waals surface area (Å²) in [5.74, 6) is 0. The van der Waals surface area contributed by atoms with Crippen molar-refractivity contribution in [3.8, 4) is 0 Å². The first-order chi connectivity index (χ1) is 11.1. The van der Waals surface area contributed by atoms with Gasteiger partial charge < -0.3 is 9.30 Å². The number of aromatic nitrogens is 2. The highest BCUT2D eigenvalue weighted by Gasteiger charge is 2.39. The maximum Gasteiger partial charge on any atom is 0.282 e. The lowest BCUT2D eigenvalue weighted by Gasteiger charge is -2.36. The van der Waals surface area contributed by atoms with Crippen molar-refractivity contribution in [3.05, 3.63) is 18.7 Å². The molecule has 0 N–H and O–H groups in total. The molecule has 2 fully saturated rings. The standard InChI is InChI=1S/C15H26N4O3S/c1-2-22-15-6-4-8-18(12-15)23(20,21)19-9-3-5-14(19)11-17-10-7-16-13-17/h7,10,13-15H,2-6,8-9,11-12H2,1H3/t14-,15+/m1/s1. The third kappa shape index (κ3) is 3.76. The molecule has 0 saturated carbocycles. The number of nitrogens with zero attached hydrogens (tertiary/aromatic N) is 4. The largest absolute Gasteiger partial charge is 0.377 e. The summed E-state index contributed by atoms with van der Waals surface area (Å²) in [5.41, 5.74) is 0. The van der Waals surface area contributed by atoms with Crippen molar-refractivity contribution >= 4 is 10.2 Å². The Labute approximate surface area is 138 Å². The summed E-state index contributed by atoms with van der Waals surface area (Å²) in [6.07, 6.45) is 9.01. The van der Waals surface area contributed by atoms with E-state index in [0.29, 0.717) is 32.8 Å². The molecule has 3 heterocycles. The summed E-state index contributed by atoms with van der Waals surface area (Å²) in [4.78, 5) is 4.04. The summed E-state index contributed by atoms with van der Waals surface area (Å²) in [6, 6.07) is 0.0154. The average molecular weight is 342 g/mol. The van der Waals surface area contributed by atoms with Crippen LogP contribution in [0.15, 0.2) is 18.7 Å². The van der Waals surface area contributed by atoms with Crippen molar-refractivity contribution in [3.63, 3.8) is 0 Å². The molecule has 23 heavy (non-hydrogen) atoms. The van der Waals surface area contributed by atoms with Crippen molar-refractivity contribution in [1.29, 1.82) is 0 Å². The zero-order chi connectivity index (χ0) is 16.3. The van der Waals surface area contributed by atoms with Crippen molar-refractivity contribution in [2.45, 2.75) is 51.3 Å². The van der Waals surface area contributed by atoms with Crippen molar-refractivity contribution in [2.24, 2.45) is 0 Å². The van der Waals surface area contributed by atoms with Gasteiger partial charge in [-0.25, -0.2) is 4.98 Å². The summed E-state index contributed by atoms with van der Waals surface area (Å²) in [7, 11) is -3.41. The highest BCUT2D eigenvalue weighted by atomic mass is 32.2. The zero-order valence-corrected chi connectivity index (χ0v) is 14.5. The minimum atomic E-state index is -3.41. The number of rotatable bonds is 6. The number of imidazole rings is 1. The third-order valence-electron chi connectivity index (χ3n) is 4.67. The van der Waals surface area contributed by atoms with Crippen molar-refractivity contribution in [2.75, 3.05) is 26.2 Å². The molecule has 1 aromatic rings. The molecule has 8 heteroatoms. The van der Waals surface area contributed by atoms with E-state index < -0.39 is 10.2 Å². The Bertz CT molecular complexity index is 588. The summed E-state index contributed by atoms with van der Waals surface area (Å²) >= 11 is 0. The normalized spacial score (nSPS) is 27.5. The molecule has 1 aromatic heterocycles. The molecule has 0 amide bonds. The SMILES string of the molecule is CCO[C@H]1CCCN(S(=O)(=O)N2CCC[C@@H]2Cn2ccnc2)C1. The molecule has 130 valence electrons. The van der Waals surface area contributed by atoms with Crippen LogP contribution < -0.4 is 0 Å². The van der Waals surface area contributed by atoms with Gasteiger partial charge in [0.15, 0.2) is 0 Å². The molecule has 2 aliphatic heterocycles. The summed E-state index contributed by atoms with van der Waals surface area (Å²) in [6.45, 7) is 4.94. The van der Waals surface area contributed by atoms with Gasteiger partial charge in [0.1, 0.15) is 0 Å². The van der Waals surface area contributed by atoms with E-state index >= 15 is 0 Å². The van der Waals surface area contributed by atoms with Gasteiger partial charge in [-0.2, -0.15) is 17.0 Å². The Morgan fingerprint density at radius 1 is 1.26 bits per heavy atom. The van der Waals surface area contributed by atoms with Gasteiger partial charge in [0.05, 0.1) is 12.4 Å². The highest BCUT2D eigenvalue weighted by molar-refractivity contribution is 7.86. The van der Waals surface area contributed by atoms with Crippen molar-refractivity contribution < 1.29 is 13.2 Å². The van der Waals surface area contributed by atoms with Crippen LogP contribution in [0.1, 0.15) is 32.6 Å². The molecule has 0 spiro atoms. The lowest BCUT2D eigenvalue weighted by atomic mass is 10.1. The van der Waals surface area contributed by atoms with E-state index in [-0.39, 0.29) is 12.1 Å². The predicted molar refractivity (Wildman–Crippen MR) is 87.1 cm³/mol. The Kier molecular flexibility index (Phi) is 5.35. The van der Waals surface area contributed by atoms with E-state index in [1.807, 2.05) is 17.7 Å². The second kappa shape index (κ2) is 7.29. The van der Waals surface area contributed by atoms with Crippen molar-refractivity contribution in [1.82, 2.24) is 18.2 Å². The summed E-state index contributed by atoms with van der Waals surface area (Å²) in [5, 5.41) is 0. The number of piperidine rings is 1. The maximum absolute atomic E-state index is 13.0. The Hall–Kier alpha value is -0.960. The van der Waals surface area contributed by atoms with Gasteiger partial charge in [0.2, 0.25) is 0 Å². The van der Waals surface area contributed by atoms with Gasteiger partial charge in [-0.1, -0.05) is 0 Å². The molecule has 0 aromatic carbocycles. The van der Waals surface area contributed by atoms with Gasteiger partial charge in [-0.15, -0.1) is 0 Å². The Morgan fingerprint density at radius 3 is 2.83 bits per heavy atom. The van der Waals surface area contributed by atoms with E-state index in [1.54, 1.807) is 21.1 Å². The lowest BCUT2D eigenvalue weighted by Crippen LogP contribution is -2.51. The number of ether oxygens (including phenoxy) is 1. The van der Waals surface area contributed by atoms with Crippen LogP contribution in [0.3, 0.4) is 0 Å². The molecule has 0 aliphatic carbocycles. The molecule has 0 bridgehead atoms. The van der Waals surface area contributed by atoms with Crippen LogP contribution in [0.4, 0.5) is 0 Å². The van der Waals surface area contributed by atoms with E-state index in [4.69, 9.17) is 4.74 Å². The molecule has 2 saturated heterocycles. The quantitative estimate of drug-likeness (QED) is 0.776. The second-order valence-corrected chi connectivity index (χ2v) is 8.13. The molecule has 0 unspecified atom stereocenters. The summed E-state index contributed by atoms with van der Waals surface area (Å²) < 4.78 is 37.0. The molecule has 7 nitrogen and oxygen atoms in total. The van der Waals surface area contributed by atoms with E-state index in [2.05, 4.69) is 4.98 Å². The molecule has 0 radical (unpaired) electrons.